The number of methoxy groups -OCH3 is 1. The number of carbonyl (C=O) groups is 1. The molecule has 1 atom stereocenters. The van der Waals surface area contributed by atoms with Crippen molar-refractivity contribution in [3.05, 3.63) is 36.3 Å². The van der Waals surface area contributed by atoms with Crippen LogP contribution in [-0.2, 0) is 9.53 Å². The molecular weight excluding hydrogens is 208 g/mol. The third kappa shape index (κ3) is 2.04. The smallest absolute Gasteiger partial charge is 0.308 e. The Balaban J connectivity index is 2.23. The SMILES string of the molecule is COC(=O)C[C@H](O)c1cn2ccccc2n1. The lowest BCUT2D eigenvalue weighted by atomic mass is 10.2. The van der Waals surface area contributed by atoms with Crippen LogP contribution in [0.3, 0.4) is 0 Å². The van der Waals surface area contributed by atoms with Crippen molar-refractivity contribution in [2.24, 2.45) is 0 Å². The van der Waals surface area contributed by atoms with E-state index in [4.69, 9.17) is 0 Å². The maximum absolute atomic E-state index is 11.0. The van der Waals surface area contributed by atoms with Crippen molar-refractivity contribution >= 4 is 11.6 Å². The van der Waals surface area contributed by atoms with Crippen molar-refractivity contribution in [1.29, 1.82) is 0 Å². The van der Waals surface area contributed by atoms with Gasteiger partial charge in [-0.15, -0.1) is 0 Å². The Bertz CT molecular complexity index is 474. The van der Waals surface area contributed by atoms with E-state index in [1.807, 2.05) is 24.4 Å². The second-order valence-electron chi connectivity index (χ2n) is 3.43. The molecule has 0 unspecified atom stereocenters. The Morgan fingerprint density at radius 3 is 3.12 bits per heavy atom. The van der Waals surface area contributed by atoms with Crippen LogP contribution in [0, 0.1) is 0 Å². The fraction of sp³-hybridized carbons (Fsp3) is 0.273. The number of imidazole rings is 1. The Hall–Kier alpha value is -1.88. The van der Waals surface area contributed by atoms with E-state index >= 15 is 0 Å². The molecule has 2 aromatic rings. The summed E-state index contributed by atoms with van der Waals surface area (Å²) in [4.78, 5) is 15.2. The van der Waals surface area contributed by atoms with Crippen molar-refractivity contribution in [1.82, 2.24) is 9.38 Å². The zero-order chi connectivity index (χ0) is 11.5. The van der Waals surface area contributed by atoms with Crippen molar-refractivity contribution in [3.8, 4) is 0 Å². The first-order valence-corrected chi connectivity index (χ1v) is 4.89. The highest BCUT2D eigenvalue weighted by Gasteiger charge is 2.16. The van der Waals surface area contributed by atoms with Gasteiger partial charge in [0.1, 0.15) is 11.8 Å². The van der Waals surface area contributed by atoms with Gasteiger partial charge >= 0.3 is 5.97 Å². The monoisotopic (exact) mass is 220 g/mol. The Kier molecular flexibility index (Phi) is 2.87. The summed E-state index contributed by atoms with van der Waals surface area (Å²) in [5.74, 6) is -0.454. The van der Waals surface area contributed by atoms with Gasteiger partial charge in [0.2, 0.25) is 0 Å². The number of pyridine rings is 1. The Morgan fingerprint density at radius 1 is 1.62 bits per heavy atom. The van der Waals surface area contributed by atoms with E-state index in [2.05, 4.69) is 9.72 Å². The zero-order valence-corrected chi connectivity index (χ0v) is 8.83. The highest BCUT2D eigenvalue weighted by atomic mass is 16.5. The number of fused-ring (bicyclic) bond motifs is 1. The topological polar surface area (TPSA) is 63.8 Å². The second kappa shape index (κ2) is 4.32. The molecule has 0 fully saturated rings. The molecule has 1 N–H and O–H groups in total. The number of rotatable bonds is 3. The summed E-state index contributed by atoms with van der Waals surface area (Å²) in [5, 5.41) is 9.75. The number of carbonyl (C=O) groups excluding carboxylic acids is 1. The van der Waals surface area contributed by atoms with E-state index in [1.165, 1.54) is 7.11 Å². The predicted octanol–water partition coefficient (Wildman–Crippen LogP) is 0.931. The van der Waals surface area contributed by atoms with Gasteiger partial charge in [-0.1, -0.05) is 6.07 Å². The van der Waals surface area contributed by atoms with Gasteiger partial charge < -0.3 is 14.2 Å². The molecule has 0 aliphatic heterocycles. The van der Waals surface area contributed by atoms with E-state index in [9.17, 15) is 9.90 Å². The summed E-state index contributed by atoms with van der Waals surface area (Å²) in [5.41, 5.74) is 1.21. The summed E-state index contributed by atoms with van der Waals surface area (Å²) < 4.78 is 6.27. The average molecular weight is 220 g/mol. The van der Waals surface area contributed by atoms with E-state index < -0.39 is 12.1 Å². The molecule has 0 amide bonds. The third-order valence-corrected chi connectivity index (χ3v) is 2.31. The highest BCUT2D eigenvalue weighted by Crippen LogP contribution is 2.16. The number of aromatic nitrogens is 2. The lowest BCUT2D eigenvalue weighted by Crippen LogP contribution is -2.08. The fourth-order valence-corrected chi connectivity index (χ4v) is 1.46. The molecule has 2 rings (SSSR count). The first-order valence-electron chi connectivity index (χ1n) is 4.89. The van der Waals surface area contributed by atoms with E-state index in [0.717, 1.165) is 5.65 Å². The van der Waals surface area contributed by atoms with Gasteiger partial charge in [0.15, 0.2) is 0 Å². The largest absolute Gasteiger partial charge is 0.469 e. The molecule has 0 saturated heterocycles. The van der Waals surface area contributed by atoms with Crippen molar-refractivity contribution in [3.63, 3.8) is 0 Å². The molecule has 0 radical (unpaired) electrons. The van der Waals surface area contributed by atoms with Crippen LogP contribution in [-0.4, -0.2) is 27.6 Å². The van der Waals surface area contributed by atoms with Crippen LogP contribution in [0.5, 0.6) is 0 Å². The first-order chi connectivity index (χ1) is 7.70. The van der Waals surface area contributed by atoms with Crippen LogP contribution >= 0.6 is 0 Å². The van der Waals surface area contributed by atoms with Crippen LogP contribution in [0.2, 0.25) is 0 Å². The third-order valence-electron chi connectivity index (χ3n) is 2.31. The van der Waals surface area contributed by atoms with E-state index in [1.54, 1.807) is 10.6 Å². The van der Waals surface area contributed by atoms with E-state index in [0.29, 0.717) is 5.69 Å². The molecule has 0 bridgehead atoms. The zero-order valence-electron chi connectivity index (χ0n) is 8.83. The van der Waals surface area contributed by atoms with Gasteiger partial charge in [-0.25, -0.2) is 4.98 Å². The molecule has 0 aliphatic carbocycles. The minimum atomic E-state index is -0.924. The molecule has 2 aromatic heterocycles. The lowest BCUT2D eigenvalue weighted by molar-refractivity contribution is -0.142. The fourth-order valence-electron chi connectivity index (χ4n) is 1.46. The molecule has 16 heavy (non-hydrogen) atoms. The van der Waals surface area contributed by atoms with Crippen molar-refractivity contribution in [2.45, 2.75) is 12.5 Å². The van der Waals surface area contributed by atoms with Gasteiger partial charge in [-0.2, -0.15) is 0 Å². The van der Waals surface area contributed by atoms with Crippen molar-refractivity contribution in [2.75, 3.05) is 7.11 Å². The predicted molar refractivity (Wildman–Crippen MR) is 56.8 cm³/mol. The summed E-state index contributed by atoms with van der Waals surface area (Å²) in [6, 6.07) is 5.55. The van der Waals surface area contributed by atoms with Crippen LogP contribution in [0.25, 0.3) is 5.65 Å². The molecule has 2 heterocycles. The number of esters is 1. The molecule has 5 heteroatoms. The van der Waals surface area contributed by atoms with Gasteiger partial charge in [0, 0.05) is 12.4 Å². The Morgan fingerprint density at radius 2 is 2.44 bits per heavy atom. The average Bonchev–Trinajstić information content (AvgIpc) is 2.72. The van der Waals surface area contributed by atoms with Crippen LogP contribution in [0.15, 0.2) is 30.6 Å². The number of nitrogens with zero attached hydrogens (tertiary/aromatic N) is 2. The van der Waals surface area contributed by atoms with Gasteiger partial charge in [0.25, 0.3) is 0 Å². The quantitative estimate of drug-likeness (QED) is 0.781. The number of hydrogen-bond acceptors (Lipinski definition) is 4. The minimum Gasteiger partial charge on any atom is -0.469 e. The molecule has 0 saturated carbocycles. The number of hydrogen-bond donors (Lipinski definition) is 1. The number of ether oxygens (including phenoxy) is 1. The highest BCUT2D eigenvalue weighted by molar-refractivity contribution is 5.70. The van der Waals surface area contributed by atoms with Crippen LogP contribution < -0.4 is 0 Å². The molecule has 0 spiro atoms. The Labute approximate surface area is 92.3 Å². The standard InChI is InChI=1S/C11H12N2O3/c1-16-11(15)6-9(14)8-7-13-5-3-2-4-10(13)12-8/h2-5,7,9,14H,6H2,1H3/t9-/m0/s1. The van der Waals surface area contributed by atoms with Gasteiger partial charge in [-0.05, 0) is 12.1 Å². The maximum Gasteiger partial charge on any atom is 0.308 e. The number of aliphatic hydroxyl groups is 1. The molecule has 84 valence electrons. The summed E-state index contributed by atoms with van der Waals surface area (Å²) in [7, 11) is 1.29. The van der Waals surface area contributed by atoms with Crippen LogP contribution in [0.1, 0.15) is 18.2 Å². The first kappa shape index (κ1) is 10.6. The normalized spacial score (nSPS) is 12.6. The molecular formula is C11H12N2O3. The van der Waals surface area contributed by atoms with Gasteiger partial charge in [0.05, 0.1) is 19.2 Å². The molecule has 0 aliphatic rings. The van der Waals surface area contributed by atoms with E-state index in [-0.39, 0.29) is 6.42 Å². The van der Waals surface area contributed by atoms with Gasteiger partial charge in [-0.3, -0.25) is 4.79 Å². The summed E-state index contributed by atoms with van der Waals surface area (Å²) >= 11 is 0. The number of aliphatic hydroxyl groups excluding tert-OH is 1. The second-order valence-corrected chi connectivity index (χ2v) is 3.43. The van der Waals surface area contributed by atoms with Crippen molar-refractivity contribution < 1.29 is 14.6 Å². The summed E-state index contributed by atoms with van der Waals surface area (Å²) in [6.45, 7) is 0. The maximum atomic E-state index is 11.0. The molecule has 5 nitrogen and oxygen atoms in total. The van der Waals surface area contributed by atoms with Crippen LogP contribution in [0.4, 0.5) is 0 Å². The minimum absolute atomic E-state index is 0.0830. The summed E-state index contributed by atoms with van der Waals surface area (Å²) in [6.07, 6.45) is 2.52. The molecule has 0 aromatic carbocycles. The lowest BCUT2D eigenvalue weighted by Gasteiger charge is -2.04.